The van der Waals surface area contributed by atoms with Crippen molar-refractivity contribution in [1.82, 2.24) is 4.31 Å². The van der Waals surface area contributed by atoms with Gasteiger partial charge in [-0.2, -0.15) is 4.31 Å². The minimum atomic E-state index is -4.09. The third kappa shape index (κ3) is 2.62. The lowest BCUT2D eigenvalue weighted by molar-refractivity contribution is 0.140. The molecule has 1 amide bonds. The van der Waals surface area contributed by atoms with E-state index in [1.54, 1.807) is 36.4 Å². The average molecular weight is 341 g/mol. The number of rotatable bonds is 3. The number of aryl methyl sites for hydroxylation is 1. The monoisotopic (exact) mass is 341 g/mol. The first kappa shape index (κ1) is 16.1. The lowest BCUT2D eigenvalue weighted by Crippen LogP contribution is -2.30. The average Bonchev–Trinajstić information content (AvgIpc) is 2.93. The highest BCUT2D eigenvalue weighted by molar-refractivity contribution is 7.89. The molecule has 1 fully saturated rings. The van der Waals surface area contributed by atoms with E-state index in [0.29, 0.717) is 9.87 Å². The van der Waals surface area contributed by atoms with E-state index in [2.05, 4.69) is 12.3 Å². The summed E-state index contributed by atoms with van der Waals surface area (Å²) < 4.78 is 31.6. The molecule has 1 unspecified atom stereocenters. The van der Waals surface area contributed by atoms with Crippen LogP contribution in [-0.4, -0.2) is 18.8 Å². The molecule has 24 heavy (non-hydrogen) atoms. The van der Waals surface area contributed by atoms with Crippen LogP contribution in [0.2, 0.25) is 0 Å². The molecule has 0 saturated carbocycles. The predicted octanol–water partition coefficient (Wildman–Crippen LogP) is 3.55. The molecule has 0 N–H and O–H groups in total. The number of ether oxygens (including phenoxy) is 1. The molecule has 0 aromatic heterocycles. The van der Waals surface area contributed by atoms with Crippen LogP contribution in [0.1, 0.15) is 17.2 Å². The second-order valence-electron chi connectivity index (χ2n) is 5.32. The molecule has 3 rings (SSSR count). The van der Waals surface area contributed by atoms with Gasteiger partial charge < -0.3 is 4.74 Å². The molecule has 122 valence electrons. The fraction of sp³-hybridized carbons (Fsp3) is 0.111. The Kier molecular flexibility index (Phi) is 4.01. The summed E-state index contributed by atoms with van der Waals surface area (Å²) in [4.78, 5) is 12.3. The Morgan fingerprint density at radius 1 is 1.08 bits per heavy atom. The number of cyclic esters (lactones) is 1. The topological polar surface area (TPSA) is 63.7 Å². The van der Waals surface area contributed by atoms with Gasteiger partial charge in [-0.3, -0.25) is 0 Å². The van der Waals surface area contributed by atoms with Crippen molar-refractivity contribution in [2.75, 3.05) is 0 Å². The number of carbonyl (C=O) groups is 1. The highest BCUT2D eigenvalue weighted by Gasteiger charge is 2.45. The van der Waals surface area contributed by atoms with Crippen LogP contribution in [0, 0.1) is 6.92 Å². The van der Waals surface area contributed by atoms with Crippen molar-refractivity contribution in [3.05, 3.63) is 83.7 Å². The first-order valence-corrected chi connectivity index (χ1v) is 8.66. The zero-order valence-electron chi connectivity index (χ0n) is 13.0. The number of amides is 1. The first-order valence-electron chi connectivity index (χ1n) is 7.22. The van der Waals surface area contributed by atoms with Gasteiger partial charge in [0.05, 0.1) is 4.90 Å². The molecule has 1 aliphatic heterocycles. The smallest absolute Gasteiger partial charge is 0.430 e. The molecule has 6 heteroatoms. The van der Waals surface area contributed by atoms with E-state index in [4.69, 9.17) is 4.74 Å². The number of hydrogen-bond donors (Lipinski definition) is 0. The van der Waals surface area contributed by atoms with Gasteiger partial charge >= 0.3 is 6.09 Å². The molecule has 0 aliphatic carbocycles. The predicted molar refractivity (Wildman–Crippen MR) is 88.5 cm³/mol. The van der Waals surface area contributed by atoms with Crippen LogP contribution in [0.5, 0.6) is 0 Å². The highest BCUT2D eigenvalue weighted by Crippen LogP contribution is 2.38. The molecule has 1 saturated heterocycles. The zero-order chi connectivity index (χ0) is 17.3. The van der Waals surface area contributed by atoms with Gasteiger partial charge in [-0.05, 0) is 24.6 Å². The van der Waals surface area contributed by atoms with Gasteiger partial charge in [-0.1, -0.05) is 54.6 Å². The summed E-state index contributed by atoms with van der Waals surface area (Å²) in [6.07, 6.45) is -1.81. The zero-order valence-corrected chi connectivity index (χ0v) is 13.8. The summed E-state index contributed by atoms with van der Waals surface area (Å²) in [7, 11) is -4.09. The normalized spacial score (nSPS) is 17.5. The molecule has 1 aliphatic rings. The largest absolute Gasteiger partial charge is 0.433 e. The Bertz CT molecular complexity index is 927. The van der Waals surface area contributed by atoms with E-state index < -0.39 is 22.2 Å². The van der Waals surface area contributed by atoms with E-state index in [-0.39, 0.29) is 10.6 Å². The fourth-order valence-electron chi connectivity index (χ4n) is 2.47. The molecule has 0 spiro atoms. The van der Waals surface area contributed by atoms with Gasteiger partial charge in [-0.25, -0.2) is 13.2 Å². The van der Waals surface area contributed by atoms with Crippen molar-refractivity contribution in [3.63, 3.8) is 0 Å². The number of nitrogens with zero attached hydrogens (tertiary/aromatic N) is 1. The van der Waals surface area contributed by atoms with Crippen LogP contribution in [0.4, 0.5) is 4.79 Å². The number of carbonyl (C=O) groups excluding carboxylic acids is 1. The maximum atomic E-state index is 12.8. The van der Waals surface area contributed by atoms with Gasteiger partial charge in [0.15, 0.2) is 6.10 Å². The summed E-state index contributed by atoms with van der Waals surface area (Å²) in [5, 5.41) is 0. The number of hydrogen-bond acceptors (Lipinski definition) is 4. The molecule has 2 aromatic carbocycles. The molecule has 2 aromatic rings. The van der Waals surface area contributed by atoms with Crippen molar-refractivity contribution in [3.8, 4) is 0 Å². The van der Waals surface area contributed by atoms with Gasteiger partial charge in [0.1, 0.15) is 5.70 Å². The summed E-state index contributed by atoms with van der Waals surface area (Å²) in [6, 6.07) is 15.1. The summed E-state index contributed by atoms with van der Waals surface area (Å²) in [5.41, 5.74) is 4.18. The molecular formula is C18H15NO4S. The third-order valence-electron chi connectivity index (χ3n) is 3.69. The Morgan fingerprint density at radius 2 is 1.71 bits per heavy atom. The van der Waals surface area contributed by atoms with E-state index in [1.807, 2.05) is 13.0 Å². The summed E-state index contributed by atoms with van der Waals surface area (Å²) in [5.74, 6) is 0. The second kappa shape index (κ2) is 6.00. The summed E-state index contributed by atoms with van der Waals surface area (Å²) >= 11 is 0. The van der Waals surface area contributed by atoms with Gasteiger partial charge in [0.2, 0.25) is 0 Å². The SMILES string of the molecule is C=C=C1C(c2ccccc2)OC(=O)N1S(=O)(=O)c1ccc(C)cc1. The van der Waals surface area contributed by atoms with Gasteiger partial charge in [0.25, 0.3) is 10.0 Å². The van der Waals surface area contributed by atoms with Crippen molar-refractivity contribution in [2.24, 2.45) is 0 Å². The number of sulfonamides is 1. The molecular weight excluding hydrogens is 326 g/mol. The molecule has 0 radical (unpaired) electrons. The van der Waals surface area contributed by atoms with Crippen molar-refractivity contribution >= 4 is 16.1 Å². The Hall–Kier alpha value is -2.82. The summed E-state index contributed by atoms with van der Waals surface area (Å²) in [6.45, 7) is 5.37. The Morgan fingerprint density at radius 3 is 2.29 bits per heavy atom. The lowest BCUT2D eigenvalue weighted by Gasteiger charge is -2.15. The van der Waals surface area contributed by atoms with Crippen molar-refractivity contribution in [1.29, 1.82) is 0 Å². The molecule has 0 bridgehead atoms. The fourth-order valence-corrected chi connectivity index (χ4v) is 3.82. The van der Waals surface area contributed by atoms with Crippen molar-refractivity contribution < 1.29 is 17.9 Å². The van der Waals surface area contributed by atoms with E-state index in [1.165, 1.54) is 12.1 Å². The third-order valence-corrected chi connectivity index (χ3v) is 5.39. The van der Waals surface area contributed by atoms with Crippen LogP contribution in [0.15, 0.2) is 77.5 Å². The Balaban J connectivity index is 2.06. The maximum absolute atomic E-state index is 12.8. The highest BCUT2D eigenvalue weighted by atomic mass is 32.2. The molecule has 1 atom stereocenters. The maximum Gasteiger partial charge on any atom is 0.430 e. The quantitative estimate of drug-likeness (QED) is 0.801. The van der Waals surface area contributed by atoms with Crippen LogP contribution < -0.4 is 0 Å². The van der Waals surface area contributed by atoms with Crippen LogP contribution in [-0.2, 0) is 14.8 Å². The molecule has 1 heterocycles. The van der Waals surface area contributed by atoms with Crippen molar-refractivity contribution in [2.45, 2.75) is 17.9 Å². The van der Waals surface area contributed by atoms with Crippen LogP contribution >= 0.6 is 0 Å². The second-order valence-corrected chi connectivity index (χ2v) is 7.11. The van der Waals surface area contributed by atoms with Crippen LogP contribution in [0.3, 0.4) is 0 Å². The van der Waals surface area contributed by atoms with E-state index in [9.17, 15) is 13.2 Å². The number of benzene rings is 2. The van der Waals surface area contributed by atoms with Gasteiger partial charge in [0, 0.05) is 0 Å². The molecule has 5 nitrogen and oxygen atoms in total. The van der Waals surface area contributed by atoms with Crippen LogP contribution in [0.25, 0.3) is 0 Å². The van der Waals surface area contributed by atoms with E-state index >= 15 is 0 Å². The Labute approximate surface area is 140 Å². The van der Waals surface area contributed by atoms with Gasteiger partial charge in [-0.15, -0.1) is 5.73 Å². The first-order chi connectivity index (χ1) is 11.4. The lowest BCUT2D eigenvalue weighted by atomic mass is 10.1. The minimum absolute atomic E-state index is 0.00603. The minimum Gasteiger partial charge on any atom is -0.433 e. The van der Waals surface area contributed by atoms with E-state index in [0.717, 1.165) is 5.56 Å². The standard InChI is InChI=1S/C18H15NO4S/c1-3-16-17(14-7-5-4-6-8-14)23-18(20)19(16)24(21,22)15-11-9-13(2)10-12-15/h4-12,17H,1H2,2H3.